The molecular formula is C18H29N3O. The van der Waals surface area contributed by atoms with Gasteiger partial charge >= 0.3 is 0 Å². The zero-order valence-corrected chi connectivity index (χ0v) is 13.9. The highest BCUT2D eigenvalue weighted by Crippen LogP contribution is 2.35. The first-order valence-corrected chi connectivity index (χ1v) is 8.21. The second kappa shape index (κ2) is 7.75. The van der Waals surface area contributed by atoms with Gasteiger partial charge in [-0.05, 0) is 57.3 Å². The average molecular weight is 303 g/mol. The van der Waals surface area contributed by atoms with Gasteiger partial charge in [-0.1, -0.05) is 30.3 Å². The summed E-state index contributed by atoms with van der Waals surface area (Å²) in [6.45, 7) is 2.91. The van der Waals surface area contributed by atoms with Gasteiger partial charge in [0, 0.05) is 13.1 Å². The van der Waals surface area contributed by atoms with Crippen molar-refractivity contribution in [1.29, 1.82) is 0 Å². The third kappa shape index (κ3) is 4.55. The highest BCUT2D eigenvalue weighted by atomic mass is 16.2. The Hall–Kier alpha value is -1.39. The van der Waals surface area contributed by atoms with Crippen LogP contribution in [-0.2, 0) is 11.2 Å². The molecule has 2 rings (SSSR count). The van der Waals surface area contributed by atoms with Crippen molar-refractivity contribution in [2.75, 3.05) is 40.3 Å². The predicted molar refractivity (Wildman–Crippen MR) is 90.6 cm³/mol. The fourth-order valence-electron chi connectivity index (χ4n) is 3.21. The summed E-state index contributed by atoms with van der Waals surface area (Å²) in [5.74, 6) is 0.235. The lowest BCUT2D eigenvalue weighted by molar-refractivity contribution is -0.134. The standard InChI is InChI=1S/C18H29N3O/c1-20(2)14-17(22)21-12-10-18(15-19,11-13-21)9-8-16-6-4-3-5-7-16/h3-7H,8-15,19H2,1-2H3. The lowest BCUT2D eigenvalue weighted by atomic mass is 9.74. The summed E-state index contributed by atoms with van der Waals surface area (Å²) >= 11 is 0. The van der Waals surface area contributed by atoms with Crippen molar-refractivity contribution in [3.8, 4) is 0 Å². The lowest BCUT2D eigenvalue weighted by Gasteiger charge is -2.41. The molecule has 0 bridgehead atoms. The van der Waals surface area contributed by atoms with Gasteiger partial charge in [0.1, 0.15) is 0 Å². The molecule has 122 valence electrons. The Kier molecular flexibility index (Phi) is 5.98. The largest absolute Gasteiger partial charge is 0.342 e. The normalized spacial score (nSPS) is 17.7. The summed E-state index contributed by atoms with van der Waals surface area (Å²) in [5.41, 5.74) is 7.67. The van der Waals surface area contributed by atoms with Crippen molar-refractivity contribution in [3.63, 3.8) is 0 Å². The second-order valence-corrected chi connectivity index (χ2v) is 6.81. The third-order valence-electron chi connectivity index (χ3n) is 4.85. The average Bonchev–Trinajstić information content (AvgIpc) is 2.54. The first-order valence-electron chi connectivity index (χ1n) is 8.21. The molecule has 0 aromatic heterocycles. The molecule has 0 aliphatic carbocycles. The minimum absolute atomic E-state index is 0.199. The zero-order chi connectivity index (χ0) is 16.0. The fraction of sp³-hybridized carbons (Fsp3) is 0.611. The molecule has 22 heavy (non-hydrogen) atoms. The van der Waals surface area contributed by atoms with E-state index >= 15 is 0 Å². The van der Waals surface area contributed by atoms with Crippen LogP contribution in [0.15, 0.2) is 30.3 Å². The highest BCUT2D eigenvalue weighted by Gasteiger charge is 2.34. The molecule has 1 fully saturated rings. The molecule has 1 amide bonds. The molecule has 0 saturated carbocycles. The van der Waals surface area contributed by atoms with Crippen LogP contribution in [-0.4, -0.2) is 56.0 Å². The van der Waals surface area contributed by atoms with Crippen LogP contribution in [0.1, 0.15) is 24.8 Å². The van der Waals surface area contributed by atoms with Gasteiger partial charge in [-0.2, -0.15) is 0 Å². The number of piperidine rings is 1. The maximum Gasteiger partial charge on any atom is 0.236 e. The topological polar surface area (TPSA) is 49.6 Å². The number of nitrogens with zero attached hydrogens (tertiary/aromatic N) is 2. The molecule has 0 unspecified atom stereocenters. The van der Waals surface area contributed by atoms with Crippen LogP contribution in [0.2, 0.25) is 0 Å². The van der Waals surface area contributed by atoms with Gasteiger partial charge in [0.2, 0.25) is 5.91 Å². The molecule has 1 aromatic rings. The van der Waals surface area contributed by atoms with Crippen LogP contribution in [0.3, 0.4) is 0 Å². The van der Waals surface area contributed by atoms with Gasteiger partial charge in [0.25, 0.3) is 0 Å². The van der Waals surface area contributed by atoms with Gasteiger partial charge in [0.15, 0.2) is 0 Å². The Morgan fingerprint density at radius 3 is 2.41 bits per heavy atom. The van der Waals surface area contributed by atoms with Crippen molar-refractivity contribution in [2.24, 2.45) is 11.1 Å². The smallest absolute Gasteiger partial charge is 0.236 e. The second-order valence-electron chi connectivity index (χ2n) is 6.81. The summed E-state index contributed by atoms with van der Waals surface area (Å²) < 4.78 is 0. The van der Waals surface area contributed by atoms with E-state index in [0.717, 1.165) is 45.3 Å². The van der Waals surface area contributed by atoms with E-state index in [1.807, 2.05) is 23.9 Å². The van der Waals surface area contributed by atoms with E-state index in [1.165, 1.54) is 5.56 Å². The monoisotopic (exact) mass is 303 g/mol. The number of hydrogen-bond donors (Lipinski definition) is 1. The Labute approximate surface area is 134 Å². The number of aryl methyl sites for hydroxylation is 1. The summed E-state index contributed by atoms with van der Waals surface area (Å²) in [5, 5.41) is 0. The number of nitrogens with two attached hydrogens (primary N) is 1. The van der Waals surface area contributed by atoms with E-state index in [-0.39, 0.29) is 11.3 Å². The van der Waals surface area contributed by atoms with E-state index in [9.17, 15) is 4.79 Å². The van der Waals surface area contributed by atoms with E-state index in [2.05, 4.69) is 30.3 Å². The number of hydrogen-bond acceptors (Lipinski definition) is 3. The van der Waals surface area contributed by atoms with Crippen LogP contribution in [0.25, 0.3) is 0 Å². The summed E-state index contributed by atoms with van der Waals surface area (Å²) in [6.07, 6.45) is 4.23. The van der Waals surface area contributed by atoms with Crippen LogP contribution in [0.5, 0.6) is 0 Å². The highest BCUT2D eigenvalue weighted by molar-refractivity contribution is 5.78. The first-order chi connectivity index (χ1) is 10.5. The fourth-order valence-corrected chi connectivity index (χ4v) is 3.21. The van der Waals surface area contributed by atoms with Crippen LogP contribution < -0.4 is 5.73 Å². The molecule has 1 aliphatic rings. The Morgan fingerprint density at radius 1 is 1.23 bits per heavy atom. The zero-order valence-electron chi connectivity index (χ0n) is 13.9. The molecule has 0 radical (unpaired) electrons. The summed E-state index contributed by atoms with van der Waals surface area (Å²) in [6, 6.07) is 10.6. The molecule has 4 heteroatoms. The number of carbonyl (C=O) groups is 1. The van der Waals surface area contributed by atoms with Crippen molar-refractivity contribution in [3.05, 3.63) is 35.9 Å². The summed E-state index contributed by atoms with van der Waals surface area (Å²) in [4.78, 5) is 16.1. The lowest BCUT2D eigenvalue weighted by Crippen LogP contribution is -2.48. The Bertz CT molecular complexity index is 464. The molecular weight excluding hydrogens is 274 g/mol. The van der Waals surface area contributed by atoms with Crippen molar-refractivity contribution in [1.82, 2.24) is 9.80 Å². The van der Waals surface area contributed by atoms with E-state index in [1.54, 1.807) is 0 Å². The van der Waals surface area contributed by atoms with E-state index < -0.39 is 0 Å². The molecule has 0 atom stereocenters. The van der Waals surface area contributed by atoms with Crippen LogP contribution >= 0.6 is 0 Å². The maximum absolute atomic E-state index is 12.1. The molecule has 2 N–H and O–H groups in total. The number of rotatable bonds is 6. The maximum atomic E-state index is 12.1. The molecule has 1 aromatic carbocycles. The summed E-state index contributed by atoms with van der Waals surface area (Å²) in [7, 11) is 3.87. The predicted octanol–water partition coefficient (Wildman–Crippen LogP) is 1.75. The van der Waals surface area contributed by atoms with E-state index in [4.69, 9.17) is 5.73 Å². The quantitative estimate of drug-likeness (QED) is 0.871. The van der Waals surface area contributed by atoms with Crippen LogP contribution in [0.4, 0.5) is 0 Å². The van der Waals surface area contributed by atoms with E-state index in [0.29, 0.717) is 6.54 Å². The number of likely N-dealkylation sites (tertiary alicyclic amines) is 1. The number of benzene rings is 1. The van der Waals surface area contributed by atoms with Crippen molar-refractivity contribution in [2.45, 2.75) is 25.7 Å². The van der Waals surface area contributed by atoms with Gasteiger partial charge in [-0.3, -0.25) is 4.79 Å². The number of carbonyl (C=O) groups excluding carboxylic acids is 1. The number of amides is 1. The minimum atomic E-state index is 0.199. The SMILES string of the molecule is CN(C)CC(=O)N1CCC(CN)(CCc2ccccc2)CC1. The first kappa shape index (κ1) is 17.0. The van der Waals surface area contributed by atoms with Gasteiger partial charge in [-0.15, -0.1) is 0 Å². The number of likely N-dealkylation sites (N-methyl/N-ethyl adjacent to an activating group) is 1. The molecule has 1 aliphatic heterocycles. The Morgan fingerprint density at radius 2 is 1.86 bits per heavy atom. The molecule has 1 saturated heterocycles. The van der Waals surface area contributed by atoms with Gasteiger partial charge in [-0.25, -0.2) is 0 Å². The van der Waals surface area contributed by atoms with Gasteiger partial charge < -0.3 is 15.5 Å². The van der Waals surface area contributed by atoms with Crippen LogP contribution in [0, 0.1) is 5.41 Å². The minimum Gasteiger partial charge on any atom is -0.342 e. The third-order valence-corrected chi connectivity index (χ3v) is 4.85. The van der Waals surface area contributed by atoms with Crippen molar-refractivity contribution >= 4 is 5.91 Å². The Balaban J connectivity index is 1.87. The van der Waals surface area contributed by atoms with Crippen molar-refractivity contribution < 1.29 is 4.79 Å². The molecule has 1 heterocycles. The molecule has 4 nitrogen and oxygen atoms in total. The molecule has 0 spiro atoms. The van der Waals surface area contributed by atoms with Gasteiger partial charge in [0.05, 0.1) is 6.54 Å².